The first-order chi connectivity index (χ1) is 10.6. The topological polar surface area (TPSA) is 61.6 Å². The summed E-state index contributed by atoms with van der Waals surface area (Å²) in [5.41, 5.74) is -0.235. The highest BCUT2D eigenvalue weighted by molar-refractivity contribution is 5.89. The molecule has 1 aliphatic heterocycles. The van der Waals surface area contributed by atoms with Crippen molar-refractivity contribution in [1.82, 2.24) is 20.1 Å². The second-order valence-electron chi connectivity index (χ2n) is 8.07. The second kappa shape index (κ2) is 6.61. The summed E-state index contributed by atoms with van der Waals surface area (Å²) in [5, 5.41) is 2.96. The lowest BCUT2D eigenvalue weighted by molar-refractivity contribution is 0.0579. The van der Waals surface area contributed by atoms with Crippen LogP contribution in [0.15, 0.2) is 10.6 Å². The van der Waals surface area contributed by atoms with Gasteiger partial charge in [0.25, 0.3) is 5.89 Å². The van der Waals surface area contributed by atoms with E-state index < -0.39 is 0 Å². The molecule has 130 valence electrons. The van der Waals surface area contributed by atoms with Gasteiger partial charge in [-0.2, -0.15) is 0 Å². The summed E-state index contributed by atoms with van der Waals surface area (Å²) in [5.74, 6) is 0.618. The van der Waals surface area contributed by atoms with E-state index in [0.29, 0.717) is 6.54 Å². The van der Waals surface area contributed by atoms with E-state index in [-0.39, 0.29) is 22.8 Å². The van der Waals surface area contributed by atoms with Crippen molar-refractivity contribution in [3.05, 3.63) is 17.8 Å². The summed E-state index contributed by atoms with van der Waals surface area (Å²) in [6, 6.07) is 0. The molecule has 0 spiro atoms. The molecular weight excluding hydrogens is 292 g/mol. The monoisotopic (exact) mass is 322 g/mol. The molecule has 1 N–H and O–H groups in total. The number of oxazole rings is 1. The lowest BCUT2D eigenvalue weighted by Gasteiger charge is -2.43. The minimum atomic E-state index is -0.247. The van der Waals surface area contributed by atoms with E-state index in [1.165, 1.54) is 0 Å². The molecule has 0 bridgehead atoms. The number of hydrogen-bond acceptors (Lipinski definition) is 5. The van der Waals surface area contributed by atoms with E-state index in [0.717, 1.165) is 31.9 Å². The maximum Gasteiger partial charge on any atom is 0.307 e. The number of nitrogens with one attached hydrogen (secondary N) is 1. The normalized spacial score (nSPS) is 18.2. The number of carbonyl (C=O) groups is 1. The fourth-order valence-electron chi connectivity index (χ4n) is 2.62. The highest BCUT2D eigenvalue weighted by atomic mass is 16.4. The molecule has 2 rings (SSSR count). The van der Waals surface area contributed by atoms with Gasteiger partial charge in [0.05, 0.1) is 6.20 Å². The Morgan fingerprint density at radius 3 is 2.35 bits per heavy atom. The molecule has 1 aromatic rings. The van der Waals surface area contributed by atoms with Crippen molar-refractivity contribution in [1.29, 1.82) is 0 Å². The van der Waals surface area contributed by atoms with E-state index in [2.05, 4.69) is 41.0 Å². The summed E-state index contributed by atoms with van der Waals surface area (Å²) in [6.45, 7) is 15.2. The van der Waals surface area contributed by atoms with Gasteiger partial charge in [-0.25, -0.2) is 4.98 Å². The lowest BCUT2D eigenvalue weighted by atomic mass is 9.94. The predicted octanol–water partition coefficient (Wildman–Crippen LogP) is 1.73. The first-order valence-corrected chi connectivity index (χ1v) is 8.28. The van der Waals surface area contributed by atoms with Gasteiger partial charge in [0.1, 0.15) is 5.76 Å². The first-order valence-electron chi connectivity index (χ1n) is 8.28. The number of likely N-dealkylation sites (N-methyl/N-ethyl adjacent to an activating group) is 1. The number of aromatic nitrogens is 1. The van der Waals surface area contributed by atoms with Crippen molar-refractivity contribution in [2.75, 3.05) is 39.8 Å². The fraction of sp³-hybridized carbons (Fsp3) is 0.765. The molecule has 6 heteroatoms. The van der Waals surface area contributed by atoms with Gasteiger partial charge < -0.3 is 14.6 Å². The molecule has 0 radical (unpaired) electrons. The van der Waals surface area contributed by atoms with Gasteiger partial charge in [0.15, 0.2) is 0 Å². The van der Waals surface area contributed by atoms with Crippen molar-refractivity contribution in [2.45, 2.75) is 45.6 Å². The number of carbonyl (C=O) groups excluding carboxylic acids is 1. The summed E-state index contributed by atoms with van der Waals surface area (Å²) < 4.78 is 5.59. The molecule has 1 saturated heterocycles. The highest BCUT2D eigenvalue weighted by Crippen LogP contribution is 2.22. The SMILES string of the molecule is CN1CCN(C(C)(C)CNC(=O)c2ncc(C(C)(C)C)o2)CC1. The van der Waals surface area contributed by atoms with Crippen LogP contribution in [0, 0.1) is 0 Å². The third-order valence-corrected chi connectivity index (χ3v) is 4.48. The minimum Gasteiger partial charge on any atom is -0.437 e. The molecule has 0 aliphatic carbocycles. The molecule has 1 aromatic heterocycles. The van der Waals surface area contributed by atoms with E-state index in [1.54, 1.807) is 6.20 Å². The van der Waals surface area contributed by atoms with E-state index in [1.807, 2.05) is 20.8 Å². The van der Waals surface area contributed by atoms with Crippen LogP contribution >= 0.6 is 0 Å². The number of nitrogens with zero attached hydrogens (tertiary/aromatic N) is 3. The van der Waals surface area contributed by atoms with Crippen LogP contribution in [-0.2, 0) is 5.41 Å². The second-order valence-corrected chi connectivity index (χ2v) is 8.07. The Hall–Kier alpha value is -1.40. The van der Waals surface area contributed by atoms with Crippen molar-refractivity contribution >= 4 is 5.91 Å². The fourth-order valence-corrected chi connectivity index (χ4v) is 2.62. The average molecular weight is 322 g/mol. The van der Waals surface area contributed by atoms with E-state index >= 15 is 0 Å². The Balaban J connectivity index is 1.91. The van der Waals surface area contributed by atoms with Crippen LogP contribution in [0.3, 0.4) is 0 Å². The third-order valence-electron chi connectivity index (χ3n) is 4.48. The van der Waals surface area contributed by atoms with Gasteiger partial charge in [-0.1, -0.05) is 20.8 Å². The average Bonchev–Trinajstić information content (AvgIpc) is 2.95. The summed E-state index contributed by atoms with van der Waals surface area (Å²) >= 11 is 0. The smallest absolute Gasteiger partial charge is 0.307 e. The van der Waals surface area contributed by atoms with Crippen LogP contribution in [0.2, 0.25) is 0 Å². The van der Waals surface area contributed by atoms with Gasteiger partial charge in [0, 0.05) is 43.7 Å². The Bertz CT molecular complexity index is 537. The van der Waals surface area contributed by atoms with Gasteiger partial charge >= 0.3 is 5.91 Å². The van der Waals surface area contributed by atoms with Crippen molar-refractivity contribution in [3.63, 3.8) is 0 Å². The van der Waals surface area contributed by atoms with E-state index in [4.69, 9.17) is 4.42 Å². The van der Waals surface area contributed by atoms with Crippen LogP contribution in [0.4, 0.5) is 0 Å². The number of hydrogen-bond donors (Lipinski definition) is 1. The Kier molecular flexibility index (Phi) is 5.16. The minimum absolute atomic E-state index is 0.0869. The maximum atomic E-state index is 12.3. The zero-order chi connectivity index (χ0) is 17.3. The number of rotatable bonds is 4. The molecule has 1 fully saturated rings. The largest absolute Gasteiger partial charge is 0.437 e. The van der Waals surface area contributed by atoms with Crippen molar-refractivity contribution < 1.29 is 9.21 Å². The first kappa shape index (κ1) is 17.9. The zero-order valence-electron chi connectivity index (χ0n) is 15.3. The summed E-state index contributed by atoms with van der Waals surface area (Å²) in [6.07, 6.45) is 1.64. The molecule has 0 atom stereocenters. The lowest BCUT2D eigenvalue weighted by Crippen LogP contribution is -2.57. The molecule has 0 saturated carbocycles. The van der Waals surface area contributed by atoms with Gasteiger partial charge in [-0.05, 0) is 20.9 Å². The van der Waals surface area contributed by atoms with Crippen LogP contribution in [0.5, 0.6) is 0 Å². The Morgan fingerprint density at radius 1 is 1.22 bits per heavy atom. The standard InChI is InChI=1S/C17H30N4O2/c1-16(2,3)13-11-18-15(23-13)14(22)19-12-17(4,5)21-9-7-20(6)8-10-21/h11H,7-10,12H2,1-6H3,(H,19,22). The predicted molar refractivity (Wildman–Crippen MR) is 90.7 cm³/mol. The van der Waals surface area contributed by atoms with Crippen LogP contribution in [-0.4, -0.2) is 66.0 Å². The summed E-state index contributed by atoms with van der Waals surface area (Å²) in [4.78, 5) is 21.1. The van der Waals surface area contributed by atoms with Crippen molar-refractivity contribution in [2.24, 2.45) is 0 Å². The molecule has 0 unspecified atom stereocenters. The van der Waals surface area contributed by atoms with Crippen LogP contribution in [0.1, 0.15) is 51.1 Å². The highest BCUT2D eigenvalue weighted by Gasteiger charge is 2.30. The molecule has 6 nitrogen and oxygen atoms in total. The van der Waals surface area contributed by atoms with Crippen LogP contribution < -0.4 is 5.32 Å². The molecule has 1 amide bonds. The number of piperazine rings is 1. The molecular formula is C17H30N4O2. The molecule has 0 aromatic carbocycles. The number of amides is 1. The quantitative estimate of drug-likeness (QED) is 0.915. The zero-order valence-corrected chi connectivity index (χ0v) is 15.3. The maximum absolute atomic E-state index is 12.3. The van der Waals surface area contributed by atoms with Gasteiger partial charge in [-0.15, -0.1) is 0 Å². The summed E-state index contributed by atoms with van der Waals surface area (Å²) in [7, 11) is 2.14. The third kappa shape index (κ3) is 4.54. The van der Waals surface area contributed by atoms with E-state index in [9.17, 15) is 4.79 Å². The van der Waals surface area contributed by atoms with Gasteiger partial charge in [-0.3, -0.25) is 9.69 Å². The molecule has 1 aliphatic rings. The Morgan fingerprint density at radius 2 is 1.83 bits per heavy atom. The van der Waals surface area contributed by atoms with Gasteiger partial charge in [0.2, 0.25) is 0 Å². The van der Waals surface area contributed by atoms with Crippen molar-refractivity contribution in [3.8, 4) is 0 Å². The van der Waals surface area contributed by atoms with Crippen LogP contribution in [0.25, 0.3) is 0 Å². The Labute approximate surface area is 139 Å². The molecule has 2 heterocycles. The molecule has 23 heavy (non-hydrogen) atoms.